The van der Waals surface area contributed by atoms with Crippen LogP contribution in [0.25, 0.3) is 22.4 Å². The summed E-state index contributed by atoms with van der Waals surface area (Å²) in [5.41, 5.74) is 8.26. The van der Waals surface area contributed by atoms with Crippen LogP contribution in [0.4, 0.5) is 10.2 Å². The minimum atomic E-state index is -0.271. The van der Waals surface area contributed by atoms with Gasteiger partial charge in [-0.05, 0) is 25.1 Å². The molecule has 2 aromatic heterocycles. The number of imidazole rings is 1. The van der Waals surface area contributed by atoms with E-state index >= 15 is 0 Å². The predicted octanol–water partition coefficient (Wildman–Crippen LogP) is 2.18. The second-order valence-corrected chi connectivity index (χ2v) is 4.38. The molecule has 0 radical (unpaired) electrons. The van der Waals surface area contributed by atoms with Crippen LogP contribution in [-0.2, 0) is 13.6 Å². The maximum atomic E-state index is 13.4. The molecule has 2 N–H and O–H groups in total. The molecule has 0 atom stereocenters. The average molecular weight is 259 g/mol. The largest absolute Gasteiger partial charge is 0.383 e. The van der Waals surface area contributed by atoms with E-state index in [9.17, 15) is 4.39 Å². The van der Waals surface area contributed by atoms with Crippen LogP contribution in [0, 0.1) is 5.82 Å². The van der Waals surface area contributed by atoms with Gasteiger partial charge in [0.2, 0.25) is 0 Å². The van der Waals surface area contributed by atoms with Crippen LogP contribution in [-0.4, -0.2) is 19.3 Å². The number of halogens is 1. The molecule has 3 aromatic rings. The lowest BCUT2D eigenvalue weighted by molar-refractivity contribution is 0.628. The molecule has 0 aliphatic rings. The molecule has 0 aliphatic heterocycles. The van der Waals surface area contributed by atoms with Crippen molar-refractivity contribution in [2.45, 2.75) is 13.5 Å². The number of aromatic nitrogens is 4. The summed E-state index contributed by atoms with van der Waals surface area (Å²) >= 11 is 0. The van der Waals surface area contributed by atoms with E-state index in [1.165, 1.54) is 12.1 Å². The highest BCUT2D eigenvalue weighted by molar-refractivity contribution is 5.82. The third-order valence-electron chi connectivity index (χ3n) is 3.25. The van der Waals surface area contributed by atoms with Crippen molar-refractivity contribution in [3.8, 4) is 11.4 Å². The molecule has 1 aromatic carbocycles. The summed E-state index contributed by atoms with van der Waals surface area (Å²) in [5.74, 6) is 0.993. The van der Waals surface area contributed by atoms with Crippen LogP contribution >= 0.6 is 0 Å². The van der Waals surface area contributed by atoms with Crippen molar-refractivity contribution in [1.29, 1.82) is 0 Å². The number of nitrogens with zero attached hydrogens (tertiary/aromatic N) is 4. The lowest BCUT2D eigenvalue weighted by Gasteiger charge is -2.05. The van der Waals surface area contributed by atoms with E-state index in [4.69, 9.17) is 5.73 Å². The highest BCUT2D eigenvalue weighted by atomic mass is 19.1. The fourth-order valence-electron chi connectivity index (χ4n) is 2.24. The standard InChI is InChI=1S/C13H14FN5/c1-3-19-11-6-8(14)4-5-10(11)17-13(19)9-7-16-18(2)12(9)15/h4-7H,3,15H2,1-2H3. The Balaban J connectivity index is 2.32. The first-order chi connectivity index (χ1) is 9.11. The number of anilines is 1. The smallest absolute Gasteiger partial charge is 0.146 e. The Morgan fingerprint density at radius 1 is 1.37 bits per heavy atom. The number of rotatable bonds is 2. The second kappa shape index (κ2) is 4.08. The van der Waals surface area contributed by atoms with Crippen molar-refractivity contribution in [3.63, 3.8) is 0 Å². The van der Waals surface area contributed by atoms with Gasteiger partial charge in [-0.25, -0.2) is 9.37 Å². The van der Waals surface area contributed by atoms with E-state index in [1.807, 2.05) is 11.5 Å². The monoisotopic (exact) mass is 259 g/mol. The van der Waals surface area contributed by atoms with Crippen LogP contribution in [0.2, 0.25) is 0 Å². The highest BCUT2D eigenvalue weighted by Crippen LogP contribution is 2.28. The molecule has 5 nitrogen and oxygen atoms in total. The van der Waals surface area contributed by atoms with Crippen molar-refractivity contribution in [2.24, 2.45) is 7.05 Å². The maximum absolute atomic E-state index is 13.4. The number of benzene rings is 1. The fourth-order valence-corrected chi connectivity index (χ4v) is 2.24. The Labute approximate surface area is 109 Å². The van der Waals surface area contributed by atoms with Crippen LogP contribution in [0.15, 0.2) is 24.4 Å². The van der Waals surface area contributed by atoms with E-state index in [2.05, 4.69) is 10.1 Å². The van der Waals surface area contributed by atoms with Gasteiger partial charge in [0.25, 0.3) is 0 Å². The van der Waals surface area contributed by atoms with Crippen LogP contribution in [0.1, 0.15) is 6.92 Å². The molecule has 0 unspecified atom stereocenters. The number of hydrogen-bond acceptors (Lipinski definition) is 3. The normalized spacial score (nSPS) is 11.3. The average Bonchev–Trinajstić information content (AvgIpc) is 2.90. The van der Waals surface area contributed by atoms with Crippen molar-refractivity contribution in [3.05, 3.63) is 30.2 Å². The summed E-state index contributed by atoms with van der Waals surface area (Å²) in [6, 6.07) is 4.57. The number of nitrogen functional groups attached to an aromatic ring is 1. The lowest BCUT2D eigenvalue weighted by Crippen LogP contribution is -2.01. The Hall–Kier alpha value is -2.37. The van der Waals surface area contributed by atoms with Gasteiger partial charge in [0.05, 0.1) is 22.8 Å². The molecule has 98 valence electrons. The molecule has 2 heterocycles. The van der Waals surface area contributed by atoms with Gasteiger partial charge < -0.3 is 10.3 Å². The van der Waals surface area contributed by atoms with Gasteiger partial charge in [-0.1, -0.05) is 0 Å². The summed E-state index contributed by atoms with van der Waals surface area (Å²) in [4.78, 5) is 4.53. The van der Waals surface area contributed by atoms with Crippen LogP contribution in [0.3, 0.4) is 0 Å². The van der Waals surface area contributed by atoms with Gasteiger partial charge >= 0.3 is 0 Å². The zero-order valence-corrected chi connectivity index (χ0v) is 10.8. The minimum absolute atomic E-state index is 0.271. The molecule has 0 spiro atoms. The third-order valence-corrected chi connectivity index (χ3v) is 3.25. The van der Waals surface area contributed by atoms with E-state index in [-0.39, 0.29) is 5.82 Å². The van der Waals surface area contributed by atoms with Crippen LogP contribution in [0.5, 0.6) is 0 Å². The van der Waals surface area contributed by atoms with Gasteiger partial charge in [-0.3, -0.25) is 4.68 Å². The Bertz CT molecular complexity index is 756. The van der Waals surface area contributed by atoms with Gasteiger partial charge in [-0.2, -0.15) is 5.10 Å². The molecule has 0 saturated carbocycles. The SMILES string of the molecule is CCn1c(-c2cnn(C)c2N)nc2ccc(F)cc21. The van der Waals surface area contributed by atoms with Gasteiger partial charge in [-0.15, -0.1) is 0 Å². The first-order valence-corrected chi connectivity index (χ1v) is 6.05. The molecule has 19 heavy (non-hydrogen) atoms. The minimum Gasteiger partial charge on any atom is -0.383 e. The van der Waals surface area contributed by atoms with E-state index in [1.54, 1.807) is 24.0 Å². The fraction of sp³-hybridized carbons (Fsp3) is 0.231. The Kier molecular flexibility index (Phi) is 2.51. The van der Waals surface area contributed by atoms with Crippen molar-refractivity contribution < 1.29 is 4.39 Å². The number of fused-ring (bicyclic) bond motifs is 1. The van der Waals surface area contributed by atoms with Crippen molar-refractivity contribution in [1.82, 2.24) is 19.3 Å². The van der Waals surface area contributed by atoms with Gasteiger partial charge in [0.1, 0.15) is 17.5 Å². The lowest BCUT2D eigenvalue weighted by atomic mass is 10.3. The molecule has 0 saturated heterocycles. The molecule has 0 amide bonds. The molecular formula is C13H14FN5. The second-order valence-electron chi connectivity index (χ2n) is 4.38. The molecule has 0 bridgehead atoms. The third kappa shape index (κ3) is 1.68. The van der Waals surface area contributed by atoms with Crippen molar-refractivity contribution >= 4 is 16.9 Å². The summed E-state index contributed by atoms with van der Waals surface area (Å²) in [5, 5.41) is 4.12. The zero-order valence-electron chi connectivity index (χ0n) is 10.8. The quantitative estimate of drug-likeness (QED) is 0.767. The molecule has 6 heteroatoms. The summed E-state index contributed by atoms with van der Waals surface area (Å²) in [6.45, 7) is 2.67. The maximum Gasteiger partial charge on any atom is 0.146 e. The first kappa shape index (κ1) is 11.7. The van der Waals surface area contributed by atoms with E-state index in [0.717, 1.165) is 16.6 Å². The van der Waals surface area contributed by atoms with E-state index < -0.39 is 0 Å². The van der Waals surface area contributed by atoms with E-state index in [0.29, 0.717) is 18.2 Å². The topological polar surface area (TPSA) is 61.7 Å². The van der Waals surface area contributed by atoms with Gasteiger partial charge in [0.15, 0.2) is 0 Å². The number of nitrogens with two attached hydrogens (primary N) is 1. The molecule has 0 fully saturated rings. The first-order valence-electron chi connectivity index (χ1n) is 6.05. The highest BCUT2D eigenvalue weighted by Gasteiger charge is 2.16. The number of hydrogen-bond donors (Lipinski definition) is 1. The molecular weight excluding hydrogens is 245 g/mol. The Morgan fingerprint density at radius 3 is 2.79 bits per heavy atom. The summed E-state index contributed by atoms with van der Waals surface area (Å²) < 4.78 is 16.9. The molecule has 0 aliphatic carbocycles. The van der Waals surface area contributed by atoms with Gasteiger partial charge in [0, 0.05) is 13.6 Å². The number of aryl methyl sites for hydroxylation is 2. The predicted molar refractivity (Wildman–Crippen MR) is 72.0 cm³/mol. The summed E-state index contributed by atoms with van der Waals surface area (Å²) in [6.07, 6.45) is 1.68. The Morgan fingerprint density at radius 2 is 2.16 bits per heavy atom. The summed E-state index contributed by atoms with van der Waals surface area (Å²) in [7, 11) is 1.78. The van der Waals surface area contributed by atoms with Crippen LogP contribution < -0.4 is 5.73 Å². The zero-order chi connectivity index (χ0) is 13.6. The van der Waals surface area contributed by atoms with Crippen molar-refractivity contribution in [2.75, 3.05) is 5.73 Å². The molecule has 3 rings (SSSR count).